The average Bonchev–Trinajstić information content (AvgIpc) is 2.89. The van der Waals surface area contributed by atoms with Gasteiger partial charge in [-0.25, -0.2) is 0 Å². The van der Waals surface area contributed by atoms with Crippen LogP contribution in [0.4, 0.5) is 0 Å². The topological polar surface area (TPSA) is 68.3 Å². The predicted octanol–water partition coefficient (Wildman–Crippen LogP) is 1.99. The Hall–Kier alpha value is -1.95. The van der Waals surface area contributed by atoms with E-state index in [-0.39, 0.29) is 17.7 Å². The number of primary amides is 1. The number of carbonyl (C=O) groups excluding carboxylic acids is 2. The van der Waals surface area contributed by atoms with Crippen molar-refractivity contribution in [1.29, 1.82) is 0 Å². The molecule has 0 bridgehead atoms. The number of piperidine rings is 1. The predicted molar refractivity (Wildman–Crippen MR) is 92.1 cm³/mol. The molecule has 0 saturated carbocycles. The lowest BCUT2D eigenvalue weighted by Gasteiger charge is -2.31. The molecule has 1 aromatic carbocycles. The van der Waals surface area contributed by atoms with Gasteiger partial charge in [-0.3, -0.25) is 9.59 Å². The molecule has 0 radical (unpaired) electrons. The Morgan fingerprint density at radius 2 is 2.13 bits per heavy atom. The van der Waals surface area contributed by atoms with Crippen molar-refractivity contribution in [1.82, 2.24) is 9.47 Å². The number of carbonyl (C=O) groups is 2. The first-order chi connectivity index (χ1) is 11.1. The summed E-state index contributed by atoms with van der Waals surface area (Å²) in [5.74, 6) is -0.0344. The normalized spacial score (nSPS) is 18.3. The summed E-state index contributed by atoms with van der Waals surface area (Å²) in [5, 5.41) is 1.17. The zero-order chi connectivity index (χ0) is 16.4. The first-order valence-electron chi connectivity index (χ1n) is 7.80. The quantitative estimate of drug-likeness (QED) is 0.871. The highest BCUT2D eigenvalue weighted by Crippen LogP contribution is 2.29. The molecule has 3 rings (SSSR count). The summed E-state index contributed by atoms with van der Waals surface area (Å²) in [6.45, 7) is 1.18. The van der Waals surface area contributed by atoms with Crippen LogP contribution in [0.2, 0.25) is 0 Å². The number of aryl methyl sites for hydroxylation is 1. The lowest BCUT2D eigenvalue weighted by atomic mass is 9.97. The van der Waals surface area contributed by atoms with Gasteiger partial charge in [0.2, 0.25) is 11.8 Å². The minimum Gasteiger partial charge on any atom is -0.369 e. The van der Waals surface area contributed by atoms with Gasteiger partial charge in [0.1, 0.15) is 0 Å². The van der Waals surface area contributed by atoms with Gasteiger partial charge in [0, 0.05) is 42.1 Å². The second-order valence-corrected chi connectivity index (χ2v) is 7.01. The molecule has 0 spiro atoms. The summed E-state index contributed by atoms with van der Waals surface area (Å²) in [4.78, 5) is 26.6. The van der Waals surface area contributed by atoms with E-state index < -0.39 is 0 Å². The second-order valence-electron chi connectivity index (χ2n) is 5.99. The molecule has 2 aromatic rings. The molecule has 1 saturated heterocycles. The third-order valence-electron chi connectivity index (χ3n) is 4.39. The van der Waals surface area contributed by atoms with Crippen molar-refractivity contribution in [3.8, 4) is 0 Å². The molecule has 1 aliphatic rings. The molecule has 1 fully saturated rings. The average molecular weight is 331 g/mol. The van der Waals surface area contributed by atoms with Crippen LogP contribution >= 0.6 is 11.8 Å². The van der Waals surface area contributed by atoms with Crippen LogP contribution in [0.1, 0.15) is 12.8 Å². The zero-order valence-electron chi connectivity index (χ0n) is 13.2. The maximum absolute atomic E-state index is 12.4. The number of nitrogens with two attached hydrogens (primary N) is 1. The van der Waals surface area contributed by atoms with Gasteiger partial charge in [0.15, 0.2) is 0 Å². The Kier molecular flexibility index (Phi) is 4.61. The third-order valence-corrected chi connectivity index (χ3v) is 5.42. The maximum atomic E-state index is 12.4. The molecular weight excluding hydrogens is 310 g/mol. The fraction of sp³-hybridized carbons (Fsp3) is 0.412. The van der Waals surface area contributed by atoms with Crippen LogP contribution in [0.5, 0.6) is 0 Å². The van der Waals surface area contributed by atoms with Crippen LogP contribution in [0.3, 0.4) is 0 Å². The largest absolute Gasteiger partial charge is 0.369 e. The van der Waals surface area contributed by atoms with E-state index >= 15 is 0 Å². The Bertz CT molecular complexity index is 741. The van der Waals surface area contributed by atoms with Gasteiger partial charge in [-0.05, 0) is 18.9 Å². The number of fused-ring (bicyclic) bond motifs is 1. The number of aromatic nitrogens is 1. The molecule has 0 aliphatic carbocycles. The third kappa shape index (κ3) is 3.37. The molecule has 1 aliphatic heterocycles. The Labute approximate surface area is 139 Å². The van der Waals surface area contributed by atoms with Crippen molar-refractivity contribution < 1.29 is 9.59 Å². The smallest absolute Gasteiger partial charge is 0.232 e. The van der Waals surface area contributed by atoms with Gasteiger partial charge in [0.05, 0.1) is 11.7 Å². The number of thioether (sulfide) groups is 1. The fourth-order valence-electron chi connectivity index (χ4n) is 3.09. The minimum absolute atomic E-state index is 0.0777. The SMILES string of the molecule is Cn1cc(SCC(=O)N2CCC[C@H](C(N)=O)C2)c2ccccc21. The second kappa shape index (κ2) is 6.66. The van der Waals surface area contributed by atoms with Crippen molar-refractivity contribution in [2.75, 3.05) is 18.8 Å². The highest BCUT2D eigenvalue weighted by Gasteiger charge is 2.26. The molecule has 2 N–H and O–H groups in total. The van der Waals surface area contributed by atoms with Gasteiger partial charge in [0.25, 0.3) is 0 Å². The van der Waals surface area contributed by atoms with Crippen LogP contribution in [0.15, 0.2) is 35.4 Å². The highest BCUT2D eigenvalue weighted by atomic mass is 32.2. The van der Waals surface area contributed by atoms with Crippen LogP contribution in [-0.4, -0.2) is 40.1 Å². The summed E-state index contributed by atoms with van der Waals surface area (Å²) in [6, 6.07) is 8.17. The van der Waals surface area contributed by atoms with Crippen LogP contribution < -0.4 is 5.73 Å². The van der Waals surface area contributed by atoms with E-state index in [2.05, 4.69) is 22.9 Å². The summed E-state index contributed by atoms with van der Waals surface area (Å²) in [6.07, 6.45) is 3.69. The Morgan fingerprint density at radius 3 is 2.91 bits per heavy atom. The van der Waals surface area contributed by atoms with Gasteiger partial charge >= 0.3 is 0 Å². The van der Waals surface area contributed by atoms with Crippen LogP contribution in [0.25, 0.3) is 10.9 Å². The summed E-state index contributed by atoms with van der Waals surface area (Å²) in [7, 11) is 2.01. The van der Waals surface area contributed by atoms with Crippen LogP contribution in [-0.2, 0) is 16.6 Å². The number of benzene rings is 1. The van der Waals surface area contributed by atoms with Crippen molar-refractivity contribution in [3.63, 3.8) is 0 Å². The number of para-hydroxylation sites is 1. The number of nitrogens with zero attached hydrogens (tertiary/aromatic N) is 2. The molecule has 5 nitrogen and oxygen atoms in total. The molecule has 1 aromatic heterocycles. The van der Waals surface area contributed by atoms with Crippen molar-refractivity contribution in [2.24, 2.45) is 18.7 Å². The summed E-state index contributed by atoms with van der Waals surface area (Å²) < 4.78 is 2.08. The summed E-state index contributed by atoms with van der Waals surface area (Å²) >= 11 is 1.55. The maximum Gasteiger partial charge on any atom is 0.232 e. The highest BCUT2D eigenvalue weighted by molar-refractivity contribution is 8.00. The first kappa shape index (κ1) is 15.9. The number of hydrogen-bond donors (Lipinski definition) is 1. The lowest BCUT2D eigenvalue weighted by Crippen LogP contribution is -2.44. The first-order valence-corrected chi connectivity index (χ1v) is 8.79. The van der Waals surface area contributed by atoms with Gasteiger partial charge in [-0.2, -0.15) is 0 Å². The molecule has 23 heavy (non-hydrogen) atoms. The molecule has 2 heterocycles. The fourth-order valence-corrected chi connectivity index (χ4v) is 4.11. The van der Waals surface area contributed by atoms with E-state index in [1.807, 2.05) is 19.2 Å². The van der Waals surface area contributed by atoms with E-state index in [1.165, 1.54) is 5.39 Å². The minimum atomic E-state index is -0.302. The van der Waals surface area contributed by atoms with E-state index in [1.54, 1.807) is 16.7 Å². The molecule has 122 valence electrons. The molecule has 6 heteroatoms. The van der Waals surface area contributed by atoms with Crippen molar-refractivity contribution in [2.45, 2.75) is 17.7 Å². The number of likely N-dealkylation sites (tertiary alicyclic amines) is 1. The zero-order valence-corrected chi connectivity index (χ0v) is 14.0. The molecular formula is C17H21N3O2S. The van der Waals surface area contributed by atoms with Crippen molar-refractivity contribution >= 4 is 34.5 Å². The van der Waals surface area contributed by atoms with E-state index in [0.717, 1.165) is 29.8 Å². The molecule has 0 unspecified atom stereocenters. The summed E-state index contributed by atoms with van der Waals surface area (Å²) in [5.41, 5.74) is 6.54. The van der Waals surface area contributed by atoms with E-state index in [9.17, 15) is 9.59 Å². The van der Waals surface area contributed by atoms with E-state index in [0.29, 0.717) is 12.3 Å². The van der Waals surface area contributed by atoms with Crippen molar-refractivity contribution in [3.05, 3.63) is 30.5 Å². The van der Waals surface area contributed by atoms with Gasteiger partial charge in [-0.1, -0.05) is 18.2 Å². The van der Waals surface area contributed by atoms with Gasteiger partial charge in [-0.15, -0.1) is 11.8 Å². The van der Waals surface area contributed by atoms with Crippen LogP contribution in [0, 0.1) is 5.92 Å². The number of amides is 2. The monoisotopic (exact) mass is 331 g/mol. The van der Waals surface area contributed by atoms with E-state index in [4.69, 9.17) is 5.73 Å². The standard InChI is InChI=1S/C17H21N3O2S/c1-19-10-15(13-6-2-3-7-14(13)19)23-11-16(21)20-8-4-5-12(9-20)17(18)22/h2-3,6-7,10,12H,4-5,8-9,11H2,1H3,(H2,18,22)/t12-/m0/s1. The molecule has 1 atom stereocenters. The Morgan fingerprint density at radius 1 is 1.35 bits per heavy atom. The number of hydrogen-bond acceptors (Lipinski definition) is 3. The number of rotatable bonds is 4. The lowest BCUT2D eigenvalue weighted by molar-refractivity contribution is -0.132. The Balaban J connectivity index is 1.65. The van der Waals surface area contributed by atoms with Gasteiger partial charge < -0.3 is 15.2 Å². The molecule has 2 amide bonds.